The lowest BCUT2D eigenvalue weighted by Gasteiger charge is -2.30. The summed E-state index contributed by atoms with van der Waals surface area (Å²) in [5.74, 6) is -0.234. The van der Waals surface area contributed by atoms with Crippen LogP contribution >= 0.6 is 0 Å². The van der Waals surface area contributed by atoms with Crippen LogP contribution in [0, 0.1) is 11.7 Å². The Morgan fingerprint density at radius 3 is 2.30 bits per heavy atom. The molecule has 1 aliphatic rings. The van der Waals surface area contributed by atoms with Crippen molar-refractivity contribution in [2.45, 2.75) is 18.6 Å². The Morgan fingerprint density at radius 1 is 0.939 bits per heavy atom. The molecule has 1 amide bonds. The summed E-state index contributed by atoms with van der Waals surface area (Å²) in [6, 6.07) is 22.3. The first-order valence-electron chi connectivity index (χ1n) is 10.8. The van der Waals surface area contributed by atoms with E-state index in [-0.39, 0.29) is 36.2 Å². The predicted molar refractivity (Wildman–Crippen MR) is 125 cm³/mol. The lowest BCUT2D eigenvalue weighted by molar-refractivity contribution is -0.120. The van der Waals surface area contributed by atoms with Crippen LogP contribution in [-0.4, -0.2) is 31.7 Å². The van der Waals surface area contributed by atoms with Gasteiger partial charge in [0.15, 0.2) is 5.75 Å². The van der Waals surface area contributed by atoms with Gasteiger partial charge in [-0.05, 0) is 43.2 Å². The van der Waals surface area contributed by atoms with Gasteiger partial charge in [0.2, 0.25) is 15.9 Å². The molecule has 0 bridgehead atoms. The van der Waals surface area contributed by atoms with Gasteiger partial charge in [-0.25, -0.2) is 17.1 Å². The summed E-state index contributed by atoms with van der Waals surface area (Å²) in [4.78, 5) is 12.9. The molecular weight excluding hydrogens is 443 g/mol. The number of nitrogens with zero attached hydrogens (tertiary/aromatic N) is 1. The summed E-state index contributed by atoms with van der Waals surface area (Å²) in [5.41, 5.74) is 0.702. The number of hydrogen-bond donors (Lipinski definition) is 1. The minimum Gasteiger partial charge on any atom is -0.455 e. The summed E-state index contributed by atoms with van der Waals surface area (Å²) in [7, 11) is -3.67. The number of carbonyl (C=O) groups is 1. The number of hydrogen-bond acceptors (Lipinski definition) is 4. The quantitative estimate of drug-likeness (QED) is 0.541. The van der Waals surface area contributed by atoms with Crippen LogP contribution in [0.5, 0.6) is 11.5 Å². The second-order valence-corrected chi connectivity index (χ2v) is 9.89. The summed E-state index contributed by atoms with van der Waals surface area (Å²) in [6.45, 7) is 0.439. The molecule has 0 aromatic heterocycles. The Kier molecular flexibility index (Phi) is 7.05. The van der Waals surface area contributed by atoms with Gasteiger partial charge in [0.25, 0.3) is 0 Å². The van der Waals surface area contributed by atoms with Gasteiger partial charge in [0.1, 0.15) is 11.6 Å². The van der Waals surface area contributed by atoms with Gasteiger partial charge in [0.05, 0.1) is 11.4 Å². The van der Waals surface area contributed by atoms with Crippen molar-refractivity contribution in [2.75, 3.05) is 18.4 Å². The van der Waals surface area contributed by atoms with Crippen LogP contribution in [0.2, 0.25) is 0 Å². The van der Waals surface area contributed by atoms with E-state index >= 15 is 0 Å². The van der Waals surface area contributed by atoms with Crippen molar-refractivity contribution in [2.24, 2.45) is 5.92 Å². The number of para-hydroxylation sites is 3. The van der Waals surface area contributed by atoms with Crippen molar-refractivity contribution in [1.82, 2.24) is 4.31 Å². The molecule has 172 valence electrons. The van der Waals surface area contributed by atoms with Crippen LogP contribution in [0.4, 0.5) is 10.1 Å². The highest BCUT2D eigenvalue weighted by Crippen LogP contribution is 2.30. The molecule has 1 saturated heterocycles. The standard InChI is InChI=1S/C25H25FN2O4S/c26-22-11-5-4-8-20(22)18-33(30,31)28-16-14-19(15-17-28)25(29)27-23-12-6-7-13-24(23)32-21-9-2-1-3-10-21/h1-13,19H,14-18H2,(H,27,29). The van der Waals surface area contributed by atoms with Gasteiger partial charge in [-0.3, -0.25) is 4.79 Å². The highest BCUT2D eigenvalue weighted by Gasteiger charge is 2.32. The van der Waals surface area contributed by atoms with Gasteiger partial charge < -0.3 is 10.1 Å². The van der Waals surface area contributed by atoms with Crippen molar-refractivity contribution in [3.63, 3.8) is 0 Å². The van der Waals surface area contributed by atoms with E-state index < -0.39 is 15.8 Å². The first-order chi connectivity index (χ1) is 15.9. The normalized spacial score (nSPS) is 15.2. The molecule has 0 spiro atoms. The van der Waals surface area contributed by atoms with Crippen molar-refractivity contribution in [1.29, 1.82) is 0 Å². The van der Waals surface area contributed by atoms with Gasteiger partial charge >= 0.3 is 0 Å². The number of ether oxygens (including phenoxy) is 1. The van der Waals surface area contributed by atoms with Crippen molar-refractivity contribution >= 4 is 21.6 Å². The number of halogens is 1. The van der Waals surface area contributed by atoms with Crippen LogP contribution in [-0.2, 0) is 20.6 Å². The molecule has 8 heteroatoms. The zero-order valence-electron chi connectivity index (χ0n) is 18.0. The molecule has 33 heavy (non-hydrogen) atoms. The number of anilines is 1. The van der Waals surface area contributed by atoms with E-state index in [0.717, 1.165) is 0 Å². The number of piperidine rings is 1. The predicted octanol–water partition coefficient (Wildman–Crippen LogP) is 4.80. The number of benzene rings is 3. The maximum Gasteiger partial charge on any atom is 0.227 e. The van der Waals surface area contributed by atoms with Crippen LogP contribution in [0.25, 0.3) is 0 Å². The average molecular weight is 469 g/mol. The number of rotatable bonds is 7. The number of carbonyl (C=O) groups excluding carboxylic acids is 1. The number of sulfonamides is 1. The first-order valence-corrected chi connectivity index (χ1v) is 12.4. The summed E-state index contributed by atoms with van der Waals surface area (Å²) >= 11 is 0. The first kappa shape index (κ1) is 22.9. The zero-order chi connectivity index (χ0) is 23.3. The third-order valence-corrected chi connectivity index (χ3v) is 7.46. The van der Waals surface area contributed by atoms with Crippen LogP contribution in [0.1, 0.15) is 18.4 Å². The van der Waals surface area contributed by atoms with Crippen LogP contribution in [0.3, 0.4) is 0 Å². The smallest absolute Gasteiger partial charge is 0.227 e. The third kappa shape index (κ3) is 5.77. The molecule has 1 fully saturated rings. The Bertz CT molecular complexity index is 1210. The van der Waals surface area contributed by atoms with Gasteiger partial charge in [-0.1, -0.05) is 48.5 Å². The molecular formula is C25H25FN2O4S. The minimum absolute atomic E-state index is 0.146. The average Bonchev–Trinajstić information content (AvgIpc) is 2.82. The Balaban J connectivity index is 1.36. The van der Waals surface area contributed by atoms with Gasteiger partial charge in [-0.15, -0.1) is 0 Å². The molecule has 0 radical (unpaired) electrons. The summed E-state index contributed by atoms with van der Waals surface area (Å²) in [5, 5.41) is 2.92. The van der Waals surface area contributed by atoms with Crippen molar-refractivity contribution < 1.29 is 22.3 Å². The fraction of sp³-hybridized carbons (Fsp3) is 0.240. The third-order valence-electron chi connectivity index (χ3n) is 5.63. The van der Waals surface area contributed by atoms with Crippen molar-refractivity contribution in [3.8, 4) is 11.5 Å². The molecule has 4 rings (SSSR count). The molecule has 0 unspecified atom stereocenters. The molecule has 1 heterocycles. The molecule has 0 saturated carbocycles. The largest absolute Gasteiger partial charge is 0.455 e. The Hall–Kier alpha value is -3.23. The molecule has 1 N–H and O–H groups in total. The Morgan fingerprint density at radius 2 is 1.58 bits per heavy atom. The maximum absolute atomic E-state index is 13.9. The SMILES string of the molecule is O=C(Nc1ccccc1Oc1ccccc1)C1CCN(S(=O)(=O)Cc2ccccc2F)CC1. The highest BCUT2D eigenvalue weighted by molar-refractivity contribution is 7.88. The molecule has 6 nitrogen and oxygen atoms in total. The van der Waals surface area contributed by atoms with Crippen LogP contribution in [0.15, 0.2) is 78.9 Å². The van der Waals surface area contributed by atoms with E-state index in [1.165, 1.54) is 22.5 Å². The number of amides is 1. The molecule has 0 atom stereocenters. The zero-order valence-corrected chi connectivity index (χ0v) is 18.8. The second kappa shape index (κ2) is 10.1. The lowest BCUT2D eigenvalue weighted by atomic mass is 9.97. The van der Waals surface area contributed by atoms with Crippen molar-refractivity contribution in [3.05, 3.63) is 90.2 Å². The summed E-state index contributed by atoms with van der Waals surface area (Å²) in [6.07, 6.45) is 0.786. The number of nitrogens with one attached hydrogen (secondary N) is 1. The fourth-order valence-electron chi connectivity index (χ4n) is 3.81. The minimum atomic E-state index is -3.67. The molecule has 3 aromatic rings. The second-order valence-electron chi connectivity index (χ2n) is 7.92. The fourth-order valence-corrected chi connectivity index (χ4v) is 5.39. The van der Waals surface area contributed by atoms with E-state index in [9.17, 15) is 17.6 Å². The Labute approximate surface area is 193 Å². The maximum atomic E-state index is 13.9. The van der Waals surface area contributed by atoms with E-state index in [1.54, 1.807) is 18.2 Å². The van der Waals surface area contributed by atoms with Gasteiger partial charge in [0, 0.05) is 24.6 Å². The van der Waals surface area contributed by atoms with E-state index in [1.807, 2.05) is 42.5 Å². The molecule has 3 aromatic carbocycles. The van der Waals surface area contributed by atoms with Gasteiger partial charge in [-0.2, -0.15) is 0 Å². The monoisotopic (exact) mass is 468 g/mol. The van der Waals surface area contributed by atoms with Crippen LogP contribution < -0.4 is 10.1 Å². The molecule has 1 aliphatic heterocycles. The molecule has 0 aliphatic carbocycles. The van der Waals surface area contributed by atoms with E-state index in [4.69, 9.17) is 4.74 Å². The topological polar surface area (TPSA) is 75.7 Å². The summed E-state index contributed by atoms with van der Waals surface area (Å²) < 4.78 is 46.6. The van der Waals surface area contributed by atoms with E-state index in [2.05, 4.69) is 5.32 Å². The van der Waals surface area contributed by atoms with E-state index in [0.29, 0.717) is 30.0 Å². The lowest BCUT2D eigenvalue weighted by Crippen LogP contribution is -2.42. The highest BCUT2D eigenvalue weighted by atomic mass is 32.2.